The van der Waals surface area contributed by atoms with Gasteiger partial charge >= 0.3 is 0 Å². The van der Waals surface area contributed by atoms with Gasteiger partial charge in [-0.3, -0.25) is 4.90 Å². The summed E-state index contributed by atoms with van der Waals surface area (Å²) < 4.78 is 0. The SMILES string of the molecule is CCCC(CN)(CCC)N(CC)C(C)C. The molecular formula is C13H30N2. The van der Waals surface area contributed by atoms with Crippen molar-refractivity contribution in [3.8, 4) is 0 Å². The maximum absolute atomic E-state index is 6.05. The van der Waals surface area contributed by atoms with E-state index in [-0.39, 0.29) is 5.54 Å². The third kappa shape index (κ3) is 3.76. The van der Waals surface area contributed by atoms with Crippen LogP contribution in [0.4, 0.5) is 0 Å². The third-order valence-electron chi connectivity index (χ3n) is 3.38. The van der Waals surface area contributed by atoms with Gasteiger partial charge in [0, 0.05) is 18.1 Å². The first-order chi connectivity index (χ1) is 7.07. The summed E-state index contributed by atoms with van der Waals surface area (Å²) in [6.45, 7) is 13.2. The Balaban J connectivity index is 4.82. The highest BCUT2D eigenvalue weighted by atomic mass is 15.2. The molecule has 15 heavy (non-hydrogen) atoms. The van der Waals surface area contributed by atoms with Gasteiger partial charge in [-0.1, -0.05) is 33.6 Å². The lowest BCUT2D eigenvalue weighted by Gasteiger charge is -2.45. The molecule has 0 aromatic carbocycles. The summed E-state index contributed by atoms with van der Waals surface area (Å²) in [6, 6.07) is 0.594. The van der Waals surface area contributed by atoms with E-state index in [2.05, 4.69) is 39.5 Å². The van der Waals surface area contributed by atoms with E-state index >= 15 is 0 Å². The van der Waals surface area contributed by atoms with E-state index < -0.39 is 0 Å². The smallest absolute Gasteiger partial charge is 0.0334 e. The minimum Gasteiger partial charge on any atom is -0.329 e. The second-order valence-corrected chi connectivity index (χ2v) is 4.81. The van der Waals surface area contributed by atoms with E-state index in [0.29, 0.717) is 6.04 Å². The van der Waals surface area contributed by atoms with E-state index in [4.69, 9.17) is 5.73 Å². The second-order valence-electron chi connectivity index (χ2n) is 4.81. The fraction of sp³-hybridized carbons (Fsp3) is 1.00. The lowest BCUT2D eigenvalue weighted by atomic mass is 9.85. The fourth-order valence-electron chi connectivity index (χ4n) is 2.91. The van der Waals surface area contributed by atoms with Crippen molar-refractivity contribution in [1.82, 2.24) is 4.90 Å². The topological polar surface area (TPSA) is 29.3 Å². The van der Waals surface area contributed by atoms with E-state index in [9.17, 15) is 0 Å². The summed E-state index contributed by atoms with van der Waals surface area (Å²) in [5, 5.41) is 0. The Kier molecular flexibility index (Phi) is 7.20. The molecule has 2 nitrogen and oxygen atoms in total. The molecule has 0 radical (unpaired) electrons. The van der Waals surface area contributed by atoms with E-state index in [0.717, 1.165) is 13.1 Å². The Morgan fingerprint density at radius 1 is 1.07 bits per heavy atom. The van der Waals surface area contributed by atoms with Crippen LogP contribution in [0, 0.1) is 0 Å². The molecule has 0 spiro atoms. The van der Waals surface area contributed by atoms with Crippen LogP contribution in [0.25, 0.3) is 0 Å². The predicted molar refractivity (Wildman–Crippen MR) is 69.1 cm³/mol. The average Bonchev–Trinajstić information content (AvgIpc) is 2.18. The maximum Gasteiger partial charge on any atom is 0.0334 e. The van der Waals surface area contributed by atoms with Gasteiger partial charge in [0.1, 0.15) is 0 Å². The van der Waals surface area contributed by atoms with Crippen molar-refractivity contribution in [2.45, 2.75) is 71.9 Å². The molecule has 0 saturated heterocycles. The van der Waals surface area contributed by atoms with Crippen LogP contribution in [0.3, 0.4) is 0 Å². The van der Waals surface area contributed by atoms with Gasteiger partial charge in [-0.2, -0.15) is 0 Å². The molecule has 0 aliphatic rings. The number of rotatable bonds is 8. The van der Waals surface area contributed by atoms with E-state index in [1.807, 2.05) is 0 Å². The molecule has 0 rings (SSSR count). The Labute approximate surface area is 96.2 Å². The summed E-state index contributed by atoms with van der Waals surface area (Å²) in [7, 11) is 0. The number of hydrogen-bond donors (Lipinski definition) is 1. The van der Waals surface area contributed by atoms with Crippen LogP contribution < -0.4 is 5.73 Å². The highest BCUT2D eigenvalue weighted by Crippen LogP contribution is 2.28. The molecule has 0 atom stereocenters. The van der Waals surface area contributed by atoms with Crippen molar-refractivity contribution >= 4 is 0 Å². The zero-order valence-electron chi connectivity index (χ0n) is 11.3. The molecule has 92 valence electrons. The summed E-state index contributed by atoms with van der Waals surface area (Å²) in [5.74, 6) is 0. The zero-order chi connectivity index (χ0) is 11.9. The average molecular weight is 214 g/mol. The molecule has 0 aliphatic carbocycles. The highest BCUT2D eigenvalue weighted by Gasteiger charge is 2.34. The van der Waals surface area contributed by atoms with Gasteiger partial charge < -0.3 is 5.73 Å². The number of nitrogens with zero attached hydrogens (tertiary/aromatic N) is 1. The van der Waals surface area contributed by atoms with Crippen LogP contribution in [-0.4, -0.2) is 29.6 Å². The van der Waals surface area contributed by atoms with Crippen molar-refractivity contribution < 1.29 is 0 Å². The van der Waals surface area contributed by atoms with Crippen molar-refractivity contribution in [2.24, 2.45) is 5.73 Å². The van der Waals surface area contributed by atoms with Crippen molar-refractivity contribution in [1.29, 1.82) is 0 Å². The molecule has 0 aromatic heterocycles. The quantitative estimate of drug-likeness (QED) is 0.673. The molecule has 0 bridgehead atoms. The van der Waals surface area contributed by atoms with Crippen LogP contribution >= 0.6 is 0 Å². The minimum absolute atomic E-state index is 0.242. The van der Waals surface area contributed by atoms with E-state index in [1.54, 1.807) is 0 Å². The van der Waals surface area contributed by atoms with Gasteiger partial charge in [0.15, 0.2) is 0 Å². The second kappa shape index (κ2) is 7.24. The summed E-state index contributed by atoms with van der Waals surface area (Å²) in [5.41, 5.74) is 6.29. The molecule has 0 heterocycles. The van der Waals surface area contributed by atoms with Crippen LogP contribution in [0.5, 0.6) is 0 Å². The third-order valence-corrected chi connectivity index (χ3v) is 3.38. The molecule has 0 amide bonds. The molecule has 2 heteroatoms. The summed E-state index contributed by atoms with van der Waals surface area (Å²) >= 11 is 0. The largest absolute Gasteiger partial charge is 0.329 e. The van der Waals surface area contributed by atoms with Gasteiger partial charge in [-0.15, -0.1) is 0 Å². The maximum atomic E-state index is 6.05. The van der Waals surface area contributed by atoms with Gasteiger partial charge in [-0.05, 0) is 33.2 Å². The van der Waals surface area contributed by atoms with Crippen molar-refractivity contribution in [2.75, 3.05) is 13.1 Å². The Bertz CT molecular complexity index is 149. The predicted octanol–water partition coefficient (Wildman–Crippen LogP) is 3.01. The monoisotopic (exact) mass is 214 g/mol. The molecule has 0 aromatic rings. The number of likely N-dealkylation sites (N-methyl/N-ethyl adjacent to an activating group) is 1. The van der Waals surface area contributed by atoms with Crippen LogP contribution in [0.2, 0.25) is 0 Å². The number of nitrogens with two attached hydrogens (primary N) is 1. The molecule has 0 unspecified atom stereocenters. The Morgan fingerprint density at radius 3 is 1.73 bits per heavy atom. The van der Waals surface area contributed by atoms with Crippen LogP contribution in [0.1, 0.15) is 60.3 Å². The van der Waals surface area contributed by atoms with Crippen LogP contribution in [-0.2, 0) is 0 Å². The zero-order valence-corrected chi connectivity index (χ0v) is 11.3. The minimum atomic E-state index is 0.242. The first-order valence-corrected chi connectivity index (χ1v) is 6.54. The first-order valence-electron chi connectivity index (χ1n) is 6.54. The lowest BCUT2D eigenvalue weighted by Crippen LogP contribution is -2.56. The normalized spacial score (nSPS) is 12.8. The molecular weight excluding hydrogens is 184 g/mol. The number of hydrogen-bond acceptors (Lipinski definition) is 2. The van der Waals surface area contributed by atoms with E-state index in [1.165, 1.54) is 25.7 Å². The van der Waals surface area contributed by atoms with Gasteiger partial charge in [0.2, 0.25) is 0 Å². The highest BCUT2D eigenvalue weighted by molar-refractivity contribution is 4.92. The molecule has 0 fully saturated rings. The van der Waals surface area contributed by atoms with Gasteiger partial charge in [0.05, 0.1) is 0 Å². The van der Waals surface area contributed by atoms with Gasteiger partial charge in [-0.25, -0.2) is 0 Å². The lowest BCUT2D eigenvalue weighted by molar-refractivity contribution is 0.0503. The first kappa shape index (κ1) is 14.9. The summed E-state index contributed by atoms with van der Waals surface area (Å²) in [6.07, 6.45) is 4.90. The molecule has 0 aliphatic heterocycles. The van der Waals surface area contributed by atoms with Crippen LogP contribution in [0.15, 0.2) is 0 Å². The standard InChI is InChI=1S/C13H30N2/c1-6-9-13(11-14,10-7-2)15(8-3)12(4)5/h12H,6-11,14H2,1-5H3. The Morgan fingerprint density at radius 2 is 1.53 bits per heavy atom. The van der Waals surface area contributed by atoms with Gasteiger partial charge in [0.25, 0.3) is 0 Å². The fourth-order valence-corrected chi connectivity index (χ4v) is 2.91. The Hall–Kier alpha value is -0.0800. The molecule has 0 saturated carbocycles. The summed E-state index contributed by atoms with van der Waals surface area (Å²) in [4.78, 5) is 2.58. The van der Waals surface area contributed by atoms with Crippen molar-refractivity contribution in [3.05, 3.63) is 0 Å². The van der Waals surface area contributed by atoms with Crippen molar-refractivity contribution in [3.63, 3.8) is 0 Å². The molecule has 2 N–H and O–H groups in total.